The van der Waals surface area contributed by atoms with Crippen molar-refractivity contribution in [3.05, 3.63) is 0 Å². The summed E-state index contributed by atoms with van der Waals surface area (Å²) in [7, 11) is 0. The van der Waals surface area contributed by atoms with E-state index >= 15 is 0 Å². The maximum Gasteiger partial charge on any atom is 0.322 e. The molecule has 0 aliphatic carbocycles. The first-order valence-electron chi connectivity index (χ1n) is 11.5. The number of amides is 7. The van der Waals surface area contributed by atoms with Gasteiger partial charge in [0, 0.05) is 0 Å². The first-order chi connectivity index (χ1) is 17.5. The van der Waals surface area contributed by atoms with Crippen LogP contribution in [0.5, 0.6) is 0 Å². The Kier molecular flexibility index (Phi) is 14.6. The van der Waals surface area contributed by atoms with Crippen molar-refractivity contribution in [2.45, 2.75) is 64.8 Å². The highest BCUT2D eigenvalue weighted by molar-refractivity contribution is 5.95. The molecule has 0 aliphatic rings. The molecular formula is C21H36N8O9. The molecule has 0 rings (SSSR count). The highest BCUT2D eigenvalue weighted by Gasteiger charge is 2.23. The Morgan fingerprint density at radius 3 is 1.34 bits per heavy atom. The quantitative estimate of drug-likeness (QED) is 0.0945. The van der Waals surface area contributed by atoms with Gasteiger partial charge in [-0.1, -0.05) is 0 Å². The molecule has 5 atom stereocenters. The summed E-state index contributed by atoms with van der Waals surface area (Å²) >= 11 is 0. The Labute approximate surface area is 218 Å². The van der Waals surface area contributed by atoms with Gasteiger partial charge < -0.3 is 48.1 Å². The van der Waals surface area contributed by atoms with E-state index in [9.17, 15) is 38.4 Å². The predicted molar refractivity (Wildman–Crippen MR) is 131 cm³/mol. The Bertz CT molecular complexity index is 924. The normalized spacial score (nSPS) is 14.3. The lowest BCUT2D eigenvalue weighted by molar-refractivity contribution is -0.138. The van der Waals surface area contributed by atoms with Gasteiger partial charge in [0.15, 0.2) is 0 Å². The molecule has 214 valence electrons. The van der Waals surface area contributed by atoms with Gasteiger partial charge in [0.25, 0.3) is 0 Å². The fourth-order valence-electron chi connectivity index (χ4n) is 2.45. The number of hydrogen-bond acceptors (Lipinski definition) is 9. The maximum absolute atomic E-state index is 12.1. The van der Waals surface area contributed by atoms with Crippen LogP contribution >= 0.6 is 0 Å². The van der Waals surface area contributed by atoms with Crippen LogP contribution < -0.4 is 43.0 Å². The molecule has 0 fully saturated rings. The van der Waals surface area contributed by atoms with Crippen LogP contribution in [0.25, 0.3) is 0 Å². The Hall–Kier alpha value is -4.28. The lowest BCUT2D eigenvalue weighted by Gasteiger charge is -2.19. The van der Waals surface area contributed by atoms with Gasteiger partial charge in [-0.25, -0.2) is 0 Å². The Morgan fingerprint density at radius 2 is 0.895 bits per heavy atom. The second kappa shape index (κ2) is 16.5. The molecule has 0 unspecified atom stereocenters. The number of hydrogen-bond donors (Lipinski definition) is 9. The molecule has 0 aromatic carbocycles. The fourth-order valence-corrected chi connectivity index (χ4v) is 2.45. The van der Waals surface area contributed by atoms with E-state index in [-0.39, 0.29) is 0 Å². The molecule has 0 bridgehead atoms. The molecule has 38 heavy (non-hydrogen) atoms. The maximum atomic E-state index is 12.1. The average molecular weight is 545 g/mol. The van der Waals surface area contributed by atoms with E-state index in [1.807, 2.05) is 0 Å². The molecule has 0 aromatic heterocycles. The van der Waals surface area contributed by atoms with Gasteiger partial charge in [0.1, 0.15) is 30.7 Å². The van der Waals surface area contributed by atoms with Gasteiger partial charge in [-0.05, 0) is 34.6 Å². The molecule has 7 amide bonds. The van der Waals surface area contributed by atoms with Crippen LogP contribution in [-0.2, 0) is 38.4 Å². The number of rotatable bonds is 15. The SMILES string of the molecule is C[C@H](N)C(=O)N[C@@H](C)C(=O)N[C@@H](C)C(=O)NCC(=O)NCC(=O)N[C@@H](C)C(=O)N[C@@H](C)C(=O)NCC(=O)O. The fraction of sp³-hybridized carbons (Fsp3) is 0.619. The summed E-state index contributed by atoms with van der Waals surface area (Å²) in [4.78, 5) is 93.9. The van der Waals surface area contributed by atoms with Gasteiger partial charge in [-0.15, -0.1) is 0 Å². The summed E-state index contributed by atoms with van der Waals surface area (Å²) in [5.74, 6) is -6.07. The summed E-state index contributed by atoms with van der Waals surface area (Å²) < 4.78 is 0. The summed E-state index contributed by atoms with van der Waals surface area (Å²) in [6.45, 7) is 5.21. The summed E-state index contributed by atoms with van der Waals surface area (Å²) in [6.07, 6.45) is 0. The van der Waals surface area contributed by atoms with Crippen LogP contribution in [0.2, 0.25) is 0 Å². The molecule has 0 aromatic rings. The van der Waals surface area contributed by atoms with Crippen LogP contribution in [0.1, 0.15) is 34.6 Å². The topological polar surface area (TPSA) is 267 Å². The second-order valence-electron chi connectivity index (χ2n) is 8.37. The summed E-state index contributed by atoms with van der Waals surface area (Å²) in [5.41, 5.74) is 5.41. The van der Waals surface area contributed by atoms with Crippen molar-refractivity contribution < 1.29 is 43.5 Å². The lowest BCUT2D eigenvalue weighted by Crippen LogP contribution is -2.54. The number of carbonyl (C=O) groups excluding carboxylic acids is 7. The zero-order chi connectivity index (χ0) is 29.6. The monoisotopic (exact) mass is 544 g/mol. The minimum absolute atomic E-state index is 0.512. The third-order valence-corrected chi connectivity index (χ3v) is 4.72. The van der Waals surface area contributed by atoms with Gasteiger partial charge >= 0.3 is 5.97 Å². The number of carboxylic acids is 1. The zero-order valence-corrected chi connectivity index (χ0v) is 21.8. The van der Waals surface area contributed by atoms with Crippen LogP contribution in [-0.4, -0.2) is 102 Å². The average Bonchev–Trinajstić information content (AvgIpc) is 2.83. The molecule has 0 spiro atoms. The van der Waals surface area contributed by atoms with Crippen molar-refractivity contribution in [1.82, 2.24) is 37.2 Å². The van der Waals surface area contributed by atoms with Crippen LogP contribution in [0.3, 0.4) is 0 Å². The summed E-state index contributed by atoms with van der Waals surface area (Å²) in [5, 5.41) is 24.5. The second-order valence-corrected chi connectivity index (χ2v) is 8.37. The molecule has 0 saturated carbocycles. The van der Waals surface area contributed by atoms with Crippen molar-refractivity contribution >= 4 is 47.3 Å². The van der Waals surface area contributed by atoms with E-state index in [2.05, 4.69) is 37.2 Å². The third-order valence-electron chi connectivity index (χ3n) is 4.72. The highest BCUT2D eigenvalue weighted by atomic mass is 16.4. The van der Waals surface area contributed by atoms with Gasteiger partial charge in [0.05, 0.1) is 19.1 Å². The van der Waals surface area contributed by atoms with E-state index in [0.29, 0.717) is 0 Å². The van der Waals surface area contributed by atoms with Crippen molar-refractivity contribution in [2.24, 2.45) is 5.73 Å². The molecule has 0 saturated heterocycles. The highest BCUT2D eigenvalue weighted by Crippen LogP contribution is 1.90. The molecule has 0 heterocycles. The molecule has 17 nitrogen and oxygen atoms in total. The molecule has 0 radical (unpaired) electrons. The third kappa shape index (κ3) is 13.7. The lowest BCUT2D eigenvalue weighted by atomic mass is 10.2. The van der Waals surface area contributed by atoms with E-state index in [1.54, 1.807) is 0 Å². The Balaban J connectivity index is 4.39. The first kappa shape index (κ1) is 33.7. The number of carboxylic acid groups (broad SMARTS) is 1. The number of aliphatic carboxylic acids is 1. The van der Waals surface area contributed by atoms with E-state index < -0.39 is 97.2 Å². The van der Waals surface area contributed by atoms with E-state index in [1.165, 1.54) is 34.6 Å². The van der Waals surface area contributed by atoms with Crippen molar-refractivity contribution in [1.29, 1.82) is 0 Å². The Morgan fingerprint density at radius 1 is 0.526 bits per heavy atom. The first-order valence-corrected chi connectivity index (χ1v) is 11.5. The standard InChI is InChI=1S/C21H36N8O9/c1-9(22)17(34)27-13(5)21(38)29-10(2)18(35)24-6-14(30)23-7-15(31)26-12(4)20(37)28-11(3)19(36)25-8-16(32)33/h9-13H,6-8,22H2,1-5H3,(H,23,30)(H,24,35)(H,25,36)(H,26,31)(H,27,34)(H,28,37)(H,29,38)(H,32,33)/t9-,10-,11-,12-,13-/m0/s1. The molecule has 10 N–H and O–H groups in total. The van der Waals surface area contributed by atoms with E-state index in [0.717, 1.165) is 0 Å². The molecule has 0 aliphatic heterocycles. The van der Waals surface area contributed by atoms with E-state index in [4.69, 9.17) is 10.8 Å². The van der Waals surface area contributed by atoms with Crippen molar-refractivity contribution in [2.75, 3.05) is 19.6 Å². The van der Waals surface area contributed by atoms with Crippen LogP contribution in [0.15, 0.2) is 0 Å². The number of nitrogens with two attached hydrogens (primary N) is 1. The van der Waals surface area contributed by atoms with Crippen molar-refractivity contribution in [3.8, 4) is 0 Å². The van der Waals surface area contributed by atoms with Gasteiger partial charge in [0.2, 0.25) is 41.4 Å². The zero-order valence-electron chi connectivity index (χ0n) is 21.8. The van der Waals surface area contributed by atoms with Crippen molar-refractivity contribution in [3.63, 3.8) is 0 Å². The van der Waals surface area contributed by atoms with Gasteiger partial charge in [-0.2, -0.15) is 0 Å². The minimum Gasteiger partial charge on any atom is -0.480 e. The van der Waals surface area contributed by atoms with Gasteiger partial charge in [-0.3, -0.25) is 38.4 Å². The molecule has 17 heteroatoms. The molecular weight excluding hydrogens is 508 g/mol. The number of nitrogens with one attached hydrogen (secondary N) is 7. The predicted octanol–water partition coefficient (Wildman–Crippen LogP) is -5.21. The number of carbonyl (C=O) groups is 8. The van der Waals surface area contributed by atoms with Crippen LogP contribution in [0, 0.1) is 0 Å². The largest absolute Gasteiger partial charge is 0.480 e. The smallest absolute Gasteiger partial charge is 0.322 e. The minimum atomic E-state index is -1.25. The summed E-state index contributed by atoms with van der Waals surface area (Å²) in [6, 6.07) is -4.96. The van der Waals surface area contributed by atoms with Crippen LogP contribution in [0.4, 0.5) is 0 Å².